The highest BCUT2D eigenvalue weighted by molar-refractivity contribution is 7.89. The number of ether oxygens (including phenoxy) is 2. The minimum Gasteiger partial charge on any atom is -0.493 e. The van der Waals surface area contributed by atoms with Gasteiger partial charge in [0.25, 0.3) is 0 Å². The molecule has 1 amide bonds. The van der Waals surface area contributed by atoms with Gasteiger partial charge >= 0.3 is 0 Å². The number of hydrogen-bond acceptors (Lipinski definition) is 5. The van der Waals surface area contributed by atoms with E-state index in [0.29, 0.717) is 61.9 Å². The second-order valence-corrected chi connectivity index (χ2v) is 9.50. The summed E-state index contributed by atoms with van der Waals surface area (Å²) in [6.07, 6.45) is 1.75. The van der Waals surface area contributed by atoms with Gasteiger partial charge in [-0.25, -0.2) is 8.42 Å². The van der Waals surface area contributed by atoms with E-state index in [4.69, 9.17) is 9.47 Å². The molecule has 3 rings (SSSR count). The normalized spacial score (nSPS) is 15.4. The molecule has 1 aliphatic rings. The highest BCUT2D eigenvalue weighted by atomic mass is 32.2. The Bertz CT molecular complexity index is 971. The number of hydrogen-bond donors (Lipinski definition) is 1. The smallest absolute Gasteiger partial charge is 0.243 e. The minimum absolute atomic E-state index is 0.0295. The van der Waals surface area contributed by atoms with Gasteiger partial charge in [0.05, 0.1) is 18.6 Å². The van der Waals surface area contributed by atoms with Crippen LogP contribution in [0, 0.1) is 5.92 Å². The molecule has 168 valence electrons. The van der Waals surface area contributed by atoms with Crippen molar-refractivity contribution >= 4 is 15.9 Å². The first kappa shape index (κ1) is 23.1. The summed E-state index contributed by atoms with van der Waals surface area (Å²) in [6.45, 7) is 3.72. The molecule has 31 heavy (non-hydrogen) atoms. The number of nitrogens with one attached hydrogen (secondary N) is 1. The van der Waals surface area contributed by atoms with Crippen molar-refractivity contribution in [3.63, 3.8) is 0 Å². The highest BCUT2D eigenvalue weighted by Crippen LogP contribution is 2.28. The molecule has 0 bridgehead atoms. The molecule has 1 fully saturated rings. The molecule has 0 saturated carbocycles. The molecule has 0 unspecified atom stereocenters. The first-order chi connectivity index (χ1) is 14.9. The van der Waals surface area contributed by atoms with E-state index in [9.17, 15) is 13.2 Å². The van der Waals surface area contributed by atoms with E-state index >= 15 is 0 Å². The topological polar surface area (TPSA) is 84.9 Å². The van der Waals surface area contributed by atoms with Gasteiger partial charge in [0.15, 0.2) is 11.5 Å². The summed E-state index contributed by atoms with van der Waals surface area (Å²) in [6, 6.07) is 14.1. The van der Waals surface area contributed by atoms with Crippen molar-refractivity contribution in [2.75, 3.05) is 26.8 Å². The second-order valence-electron chi connectivity index (χ2n) is 7.56. The van der Waals surface area contributed by atoms with Crippen LogP contribution in [0.5, 0.6) is 11.5 Å². The number of nitrogens with zero attached hydrogens (tertiary/aromatic N) is 1. The lowest BCUT2D eigenvalue weighted by Gasteiger charge is -2.31. The maximum atomic E-state index is 12.7. The number of sulfonamides is 1. The van der Waals surface area contributed by atoms with E-state index in [1.165, 1.54) is 4.31 Å². The molecule has 2 aromatic rings. The highest BCUT2D eigenvalue weighted by Gasteiger charge is 2.30. The summed E-state index contributed by atoms with van der Waals surface area (Å²) in [5.74, 6) is 1.47. The molecule has 1 N–H and O–H groups in total. The second kappa shape index (κ2) is 10.6. The lowest BCUT2D eigenvalue weighted by molar-refractivity contribution is -0.122. The maximum Gasteiger partial charge on any atom is 0.243 e. The zero-order chi connectivity index (χ0) is 22.3. The zero-order valence-electron chi connectivity index (χ0n) is 18.0. The van der Waals surface area contributed by atoms with Crippen molar-refractivity contribution in [3.05, 3.63) is 54.1 Å². The summed E-state index contributed by atoms with van der Waals surface area (Å²) in [7, 11) is -1.87. The van der Waals surface area contributed by atoms with E-state index < -0.39 is 10.0 Å². The third-order valence-corrected chi connectivity index (χ3v) is 7.36. The Labute approximate surface area is 184 Å². The lowest BCUT2D eigenvalue weighted by atomic mass is 9.94. The molecule has 1 aliphatic heterocycles. The van der Waals surface area contributed by atoms with Crippen molar-refractivity contribution in [2.24, 2.45) is 5.92 Å². The third-order valence-electron chi connectivity index (χ3n) is 5.45. The molecule has 2 aromatic carbocycles. The van der Waals surface area contributed by atoms with Crippen LogP contribution in [0.4, 0.5) is 0 Å². The first-order valence-electron chi connectivity index (χ1n) is 10.6. The molecule has 0 aliphatic carbocycles. The molecule has 0 spiro atoms. The van der Waals surface area contributed by atoms with Gasteiger partial charge in [-0.2, -0.15) is 4.31 Å². The molecule has 1 saturated heterocycles. The Morgan fingerprint density at radius 2 is 1.81 bits per heavy atom. The van der Waals surface area contributed by atoms with Crippen LogP contribution in [0.2, 0.25) is 0 Å². The predicted molar refractivity (Wildman–Crippen MR) is 119 cm³/mol. The summed E-state index contributed by atoms with van der Waals surface area (Å²) < 4.78 is 37.8. The van der Waals surface area contributed by atoms with E-state index in [1.54, 1.807) is 37.4 Å². The van der Waals surface area contributed by atoms with E-state index in [2.05, 4.69) is 5.32 Å². The fraction of sp³-hybridized carbons (Fsp3) is 0.435. The number of piperidine rings is 1. The monoisotopic (exact) mass is 446 g/mol. The summed E-state index contributed by atoms with van der Waals surface area (Å²) in [5, 5.41) is 2.95. The molecule has 0 aromatic heterocycles. The Kier molecular flexibility index (Phi) is 7.92. The van der Waals surface area contributed by atoms with Gasteiger partial charge in [-0.1, -0.05) is 24.3 Å². The van der Waals surface area contributed by atoms with Gasteiger partial charge in [-0.3, -0.25) is 4.79 Å². The average Bonchev–Trinajstić information content (AvgIpc) is 2.79. The van der Waals surface area contributed by atoms with Crippen molar-refractivity contribution in [1.29, 1.82) is 0 Å². The molecule has 1 heterocycles. The molecule has 0 radical (unpaired) electrons. The number of rotatable bonds is 9. The number of benzene rings is 2. The van der Waals surface area contributed by atoms with E-state index in [-0.39, 0.29) is 11.8 Å². The van der Waals surface area contributed by atoms with Gasteiger partial charge in [-0.15, -0.1) is 0 Å². The van der Waals surface area contributed by atoms with Crippen LogP contribution in [0.3, 0.4) is 0 Å². The Balaban J connectivity index is 1.48. The van der Waals surface area contributed by atoms with E-state index in [1.807, 2.05) is 25.1 Å². The minimum atomic E-state index is -3.46. The average molecular weight is 447 g/mol. The molecule has 7 nitrogen and oxygen atoms in total. The van der Waals surface area contributed by atoms with Gasteiger partial charge in [0.1, 0.15) is 0 Å². The van der Waals surface area contributed by atoms with Crippen LogP contribution < -0.4 is 14.8 Å². The lowest BCUT2D eigenvalue weighted by Crippen LogP contribution is -2.39. The molecular weight excluding hydrogens is 416 g/mol. The third kappa shape index (κ3) is 5.98. The molecular formula is C23H30N2O5S. The predicted octanol–water partition coefficient (Wildman–Crippen LogP) is 3.20. The van der Waals surface area contributed by atoms with Crippen LogP contribution in [0.25, 0.3) is 0 Å². The van der Waals surface area contributed by atoms with Crippen LogP contribution in [-0.2, 0) is 21.4 Å². The Hall–Kier alpha value is -2.58. The van der Waals surface area contributed by atoms with Crippen molar-refractivity contribution in [2.45, 2.75) is 37.6 Å². The van der Waals surface area contributed by atoms with Crippen molar-refractivity contribution in [1.82, 2.24) is 9.62 Å². The van der Waals surface area contributed by atoms with Gasteiger partial charge in [0, 0.05) is 26.1 Å². The fourth-order valence-electron chi connectivity index (χ4n) is 3.73. The standard InChI is InChI=1S/C23H30N2O5S/c1-3-30-22-15-19(9-10-21(22)29-2)17-24-23(26)16-18-11-13-25(14-12-18)31(27,28)20-7-5-4-6-8-20/h4-10,15,18H,3,11-14,16-17H2,1-2H3,(H,24,26). The van der Waals surface area contributed by atoms with Crippen LogP contribution in [0.1, 0.15) is 31.7 Å². The van der Waals surface area contributed by atoms with Gasteiger partial charge in [0.2, 0.25) is 15.9 Å². The SMILES string of the molecule is CCOc1cc(CNC(=O)CC2CCN(S(=O)(=O)c3ccccc3)CC2)ccc1OC. The fourth-order valence-corrected chi connectivity index (χ4v) is 5.22. The maximum absolute atomic E-state index is 12.7. The van der Waals surface area contributed by atoms with Crippen LogP contribution >= 0.6 is 0 Å². The summed E-state index contributed by atoms with van der Waals surface area (Å²) >= 11 is 0. The number of carbonyl (C=O) groups excluding carboxylic acids is 1. The van der Waals surface area contributed by atoms with Crippen molar-refractivity contribution < 1.29 is 22.7 Å². The van der Waals surface area contributed by atoms with E-state index in [0.717, 1.165) is 5.56 Å². The quantitative estimate of drug-likeness (QED) is 0.639. The number of carbonyl (C=O) groups is 1. The summed E-state index contributed by atoms with van der Waals surface area (Å²) in [4.78, 5) is 12.7. The van der Waals surface area contributed by atoms with Gasteiger partial charge in [-0.05, 0) is 55.5 Å². The Morgan fingerprint density at radius 1 is 1.10 bits per heavy atom. The molecule has 8 heteroatoms. The van der Waals surface area contributed by atoms with Crippen LogP contribution in [0.15, 0.2) is 53.4 Å². The number of amides is 1. The largest absolute Gasteiger partial charge is 0.493 e. The van der Waals surface area contributed by atoms with Gasteiger partial charge < -0.3 is 14.8 Å². The zero-order valence-corrected chi connectivity index (χ0v) is 18.9. The number of methoxy groups -OCH3 is 1. The summed E-state index contributed by atoms with van der Waals surface area (Å²) in [5.41, 5.74) is 0.932. The van der Waals surface area contributed by atoms with Crippen molar-refractivity contribution in [3.8, 4) is 11.5 Å². The molecule has 0 atom stereocenters. The Morgan fingerprint density at radius 3 is 2.45 bits per heavy atom. The van der Waals surface area contributed by atoms with Crippen LogP contribution in [-0.4, -0.2) is 45.4 Å². The first-order valence-corrected chi connectivity index (χ1v) is 12.0.